The Bertz CT molecular complexity index is 1990. The fourth-order valence-corrected chi connectivity index (χ4v) is 8.40. The largest absolute Gasteiger partial charge is 0.269 e. The van der Waals surface area contributed by atoms with Crippen LogP contribution in [0.1, 0.15) is 39.1 Å². The lowest BCUT2D eigenvalue weighted by molar-refractivity contribution is 0.604. The van der Waals surface area contributed by atoms with Crippen molar-refractivity contribution < 1.29 is 0 Å². The van der Waals surface area contributed by atoms with Crippen molar-refractivity contribution in [3.8, 4) is 22.3 Å². The van der Waals surface area contributed by atoms with Crippen LogP contribution in [-0.4, -0.2) is 42.6 Å². The number of benzene rings is 4. The summed E-state index contributed by atoms with van der Waals surface area (Å²) in [5, 5.41) is 9.60. The van der Waals surface area contributed by atoms with Crippen molar-refractivity contribution in [3.05, 3.63) is 109 Å². The highest BCUT2D eigenvalue weighted by Crippen LogP contribution is 2.39. The second-order valence-corrected chi connectivity index (χ2v) is 14.9. The van der Waals surface area contributed by atoms with Gasteiger partial charge in [0.2, 0.25) is 0 Å². The summed E-state index contributed by atoms with van der Waals surface area (Å²) in [4.78, 5) is 19.3. The van der Waals surface area contributed by atoms with Gasteiger partial charge in [-0.2, -0.15) is 0 Å². The maximum atomic E-state index is 4.86. The molecule has 0 spiro atoms. The number of fused-ring (bicyclic) bond motifs is 6. The number of nitrogens with zero attached hydrogens (tertiary/aromatic N) is 4. The standard InChI is InChI=1S/C38H32N4S2/c1-37(2)21-43-35(41-37)33-15-11-25(19-39-33)23-9-13-29-30-14-10-24(18-32(30)28-8-6-5-7-27(28)31(29)17-23)26-12-16-34(40-20-26)36-42-38(3,4)22-44-36/h5-20H,21-22H2,1-4H3. The van der Waals surface area contributed by atoms with E-state index in [2.05, 4.69) is 113 Å². The highest BCUT2D eigenvalue weighted by atomic mass is 32.2. The van der Waals surface area contributed by atoms with Crippen LogP contribution in [0.15, 0.2) is 107 Å². The summed E-state index contributed by atoms with van der Waals surface area (Å²) in [6, 6.07) is 30.9. The second-order valence-electron chi connectivity index (χ2n) is 13.0. The van der Waals surface area contributed by atoms with Gasteiger partial charge in [-0.15, -0.1) is 23.5 Å². The molecule has 6 heteroatoms. The van der Waals surface area contributed by atoms with Crippen LogP contribution in [0.4, 0.5) is 0 Å². The van der Waals surface area contributed by atoms with Crippen molar-refractivity contribution in [3.63, 3.8) is 0 Å². The van der Waals surface area contributed by atoms with Gasteiger partial charge >= 0.3 is 0 Å². The summed E-state index contributed by atoms with van der Waals surface area (Å²) in [6.45, 7) is 8.69. The van der Waals surface area contributed by atoms with Gasteiger partial charge in [0, 0.05) is 35.0 Å². The van der Waals surface area contributed by atoms with E-state index < -0.39 is 0 Å². The first-order chi connectivity index (χ1) is 21.2. The Hall–Kier alpha value is -4.00. The molecule has 0 unspecified atom stereocenters. The van der Waals surface area contributed by atoms with Gasteiger partial charge < -0.3 is 0 Å². The highest BCUT2D eigenvalue weighted by Gasteiger charge is 2.27. The first-order valence-electron chi connectivity index (χ1n) is 15.0. The third kappa shape index (κ3) is 4.90. The molecule has 4 nitrogen and oxygen atoms in total. The van der Waals surface area contributed by atoms with Crippen molar-refractivity contribution in [1.82, 2.24) is 9.97 Å². The summed E-state index contributed by atoms with van der Waals surface area (Å²) in [7, 11) is 0. The molecule has 0 aliphatic carbocycles. The van der Waals surface area contributed by atoms with Crippen LogP contribution in [0.2, 0.25) is 0 Å². The maximum absolute atomic E-state index is 4.86. The number of aliphatic imine (C=N–C) groups is 2. The molecular formula is C38H32N4S2. The van der Waals surface area contributed by atoms with E-state index in [1.807, 2.05) is 12.4 Å². The lowest BCUT2D eigenvalue weighted by Gasteiger charge is -2.13. The molecule has 4 heterocycles. The maximum Gasteiger partial charge on any atom is 0.117 e. The van der Waals surface area contributed by atoms with Crippen LogP contribution in [0, 0.1) is 0 Å². The quantitative estimate of drug-likeness (QED) is 0.187. The molecule has 0 amide bonds. The van der Waals surface area contributed by atoms with Crippen molar-refractivity contribution in [2.45, 2.75) is 38.8 Å². The molecular weight excluding hydrogens is 577 g/mol. The normalized spacial score (nSPS) is 17.4. The minimum absolute atomic E-state index is 0.0214. The van der Waals surface area contributed by atoms with Crippen molar-refractivity contribution in [2.24, 2.45) is 9.98 Å². The van der Waals surface area contributed by atoms with Crippen molar-refractivity contribution in [1.29, 1.82) is 0 Å². The molecule has 0 radical (unpaired) electrons. The van der Waals surface area contributed by atoms with E-state index >= 15 is 0 Å². The molecule has 2 aliphatic heterocycles. The fraction of sp³-hybridized carbons (Fsp3) is 0.211. The molecule has 4 aromatic carbocycles. The van der Waals surface area contributed by atoms with E-state index in [0.717, 1.165) is 44.1 Å². The summed E-state index contributed by atoms with van der Waals surface area (Å²) < 4.78 is 0. The molecule has 0 atom stereocenters. The predicted molar refractivity (Wildman–Crippen MR) is 192 cm³/mol. The SMILES string of the molecule is CC1(C)CSC(c2ccc(-c3ccc4c5ccc(-c6ccc(C7=NC(C)(C)CS7)nc6)cc5c5ccccc5c4c3)cn2)=N1. The van der Waals surface area contributed by atoms with Crippen LogP contribution in [-0.2, 0) is 0 Å². The Morgan fingerprint density at radius 3 is 1.25 bits per heavy atom. The van der Waals surface area contributed by atoms with E-state index in [-0.39, 0.29) is 11.1 Å². The third-order valence-electron chi connectivity index (χ3n) is 8.40. The van der Waals surface area contributed by atoms with Gasteiger partial charge in [0.1, 0.15) is 10.1 Å². The van der Waals surface area contributed by atoms with E-state index in [4.69, 9.17) is 20.0 Å². The Morgan fingerprint density at radius 2 is 0.886 bits per heavy atom. The summed E-state index contributed by atoms with van der Waals surface area (Å²) in [6.07, 6.45) is 3.97. The van der Waals surface area contributed by atoms with E-state index in [9.17, 15) is 0 Å². The minimum atomic E-state index is -0.0214. The summed E-state index contributed by atoms with van der Waals surface area (Å²) in [5.41, 5.74) is 6.42. The van der Waals surface area contributed by atoms with E-state index in [0.29, 0.717) is 0 Å². The first-order valence-corrected chi connectivity index (χ1v) is 17.0. The van der Waals surface area contributed by atoms with Crippen LogP contribution >= 0.6 is 23.5 Å². The molecule has 6 aromatic rings. The van der Waals surface area contributed by atoms with Gasteiger partial charge in [-0.25, -0.2) is 0 Å². The number of hydrogen-bond acceptors (Lipinski definition) is 6. The second kappa shape index (κ2) is 10.3. The van der Waals surface area contributed by atoms with Crippen LogP contribution in [0.5, 0.6) is 0 Å². The molecule has 2 aliphatic rings. The number of aromatic nitrogens is 2. The molecule has 0 bridgehead atoms. The molecule has 0 saturated heterocycles. The lowest BCUT2D eigenvalue weighted by Crippen LogP contribution is -2.15. The average molecular weight is 609 g/mol. The van der Waals surface area contributed by atoms with Crippen molar-refractivity contribution >= 4 is 65.9 Å². The van der Waals surface area contributed by atoms with Crippen LogP contribution in [0.25, 0.3) is 54.6 Å². The first kappa shape index (κ1) is 27.5. The van der Waals surface area contributed by atoms with Gasteiger partial charge in [0.25, 0.3) is 0 Å². The van der Waals surface area contributed by atoms with Gasteiger partial charge in [-0.05, 0) is 95.4 Å². The Labute approximate surface area is 266 Å². The summed E-state index contributed by atoms with van der Waals surface area (Å²) in [5.74, 6) is 1.99. The van der Waals surface area contributed by atoms with Gasteiger partial charge in [0.05, 0.1) is 22.5 Å². The zero-order valence-electron chi connectivity index (χ0n) is 25.3. The van der Waals surface area contributed by atoms with E-state index in [1.54, 1.807) is 23.5 Å². The Balaban J connectivity index is 1.18. The average Bonchev–Trinajstić information content (AvgIpc) is 3.61. The van der Waals surface area contributed by atoms with Gasteiger partial charge in [-0.3, -0.25) is 20.0 Å². The number of pyridine rings is 2. The molecule has 8 rings (SSSR count). The zero-order chi connectivity index (χ0) is 30.1. The number of hydrogen-bond donors (Lipinski definition) is 0. The Kier molecular flexibility index (Phi) is 6.44. The summed E-state index contributed by atoms with van der Waals surface area (Å²) >= 11 is 3.58. The Morgan fingerprint density at radius 1 is 0.477 bits per heavy atom. The number of rotatable bonds is 4. The molecule has 0 N–H and O–H groups in total. The van der Waals surface area contributed by atoms with E-state index in [1.165, 1.54) is 43.4 Å². The van der Waals surface area contributed by atoms with Crippen LogP contribution in [0.3, 0.4) is 0 Å². The van der Waals surface area contributed by atoms with Crippen LogP contribution < -0.4 is 0 Å². The fourth-order valence-electron chi connectivity index (χ4n) is 6.13. The van der Waals surface area contributed by atoms with Gasteiger partial charge in [-0.1, -0.05) is 60.7 Å². The molecule has 0 fully saturated rings. The van der Waals surface area contributed by atoms with Crippen molar-refractivity contribution in [2.75, 3.05) is 11.5 Å². The predicted octanol–water partition coefficient (Wildman–Crippen LogP) is 9.81. The molecule has 216 valence electrons. The molecule has 44 heavy (non-hydrogen) atoms. The monoisotopic (exact) mass is 608 g/mol. The molecule has 0 saturated carbocycles. The topological polar surface area (TPSA) is 50.5 Å². The third-order valence-corrected chi connectivity index (χ3v) is 11.3. The highest BCUT2D eigenvalue weighted by molar-refractivity contribution is 8.15. The lowest BCUT2D eigenvalue weighted by atomic mass is 9.90. The van der Waals surface area contributed by atoms with Gasteiger partial charge in [0.15, 0.2) is 0 Å². The zero-order valence-corrected chi connectivity index (χ0v) is 26.9. The smallest absolute Gasteiger partial charge is 0.117 e. The number of thioether (sulfide) groups is 2. The minimum Gasteiger partial charge on any atom is -0.269 e. The molecule has 2 aromatic heterocycles.